The van der Waals surface area contributed by atoms with Crippen LogP contribution < -0.4 is 4.90 Å². The molecule has 0 radical (unpaired) electrons. The minimum atomic E-state index is 0.908. The standard InChI is InChI=1S/C41H29NO/c1-28-35-17-9-10-21-40(35)43-41(28)32-15-11-16-34(26-32)42(33-24-22-30(23-25-33)29-12-3-2-4-13-29)39-27-31-14-5-6-18-36(31)37-19-7-8-20-38(37)39/h2-27H,1H3. The Kier molecular flexibility index (Phi) is 6.05. The lowest BCUT2D eigenvalue weighted by Crippen LogP contribution is -2.10. The first-order chi connectivity index (χ1) is 21.2. The number of anilines is 3. The number of rotatable bonds is 5. The van der Waals surface area contributed by atoms with Crippen LogP contribution in [0.4, 0.5) is 17.1 Å². The fraction of sp³-hybridized carbons (Fsp3) is 0.0244. The van der Waals surface area contributed by atoms with Gasteiger partial charge in [-0.1, -0.05) is 121 Å². The summed E-state index contributed by atoms with van der Waals surface area (Å²) in [5, 5.41) is 6.07. The Morgan fingerprint density at radius 3 is 1.86 bits per heavy atom. The number of furan rings is 1. The molecule has 0 aliphatic carbocycles. The van der Waals surface area contributed by atoms with Crippen molar-refractivity contribution in [3.05, 3.63) is 163 Å². The zero-order valence-corrected chi connectivity index (χ0v) is 23.9. The lowest BCUT2D eigenvalue weighted by molar-refractivity contribution is 0.629. The molecule has 2 nitrogen and oxygen atoms in total. The first-order valence-electron chi connectivity index (χ1n) is 14.7. The molecule has 0 aliphatic heterocycles. The summed E-state index contributed by atoms with van der Waals surface area (Å²) in [5.41, 5.74) is 8.83. The average Bonchev–Trinajstić information content (AvgIpc) is 3.42. The lowest BCUT2D eigenvalue weighted by atomic mass is 9.98. The normalized spacial score (nSPS) is 11.4. The Bertz CT molecular complexity index is 2240. The molecule has 0 saturated carbocycles. The summed E-state index contributed by atoms with van der Waals surface area (Å²) < 4.78 is 6.41. The molecule has 0 spiro atoms. The maximum Gasteiger partial charge on any atom is 0.138 e. The highest BCUT2D eigenvalue weighted by Gasteiger charge is 2.19. The first kappa shape index (κ1) is 25.1. The van der Waals surface area contributed by atoms with E-state index in [0.717, 1.165) is 44.9 Å². The number of hydrogen-bond donors (Lipinski definition) is 0. The zero-order chi connectivity index (χ0) is 28.8. The largest absolute Gasteiger partial charge is 0.456 e. The molecule has 8 rings (SSSR count). The van der Waals surface area contributed by atoms with Gasteiger partial charge in [-0.25, -0.2) is 0 Å². The minimum absolute atomic E-state index is 0.908. The van der Waals surface area contributed by atoms with Crippen LogP contribution >= 0.6 is 0 Å². The molecule has 7 aromatic carbocycles. The first-order valence-corrected chi connectivity index (χ1v) is 14.7. The van der Waals surface area contributed by atoms with Crippen LogP contribution in [0.25, 0.3) is 55.0 Å². The highest BCUT2D eigenvalue weighted by Crippen LogP contribution is 2.44. The second kappa shape index (κ2) is 10.3. The summed E-state index contributed by atoms with van der Waals surface area (Å²) in [6, 6.07) is 56.1. The number of nitrogens with zero attached hydrogens (tertiary/aromatic N) is 1. The topological polar surface area (TPSA) is 16.4 Å². The number of hydrogen-bond acceptors (Lipinski definition) is 2. The Balaban J connectivity index is 1.35. The molecular weight excluding hydrogens is 522 g/mol. The van der Waals surface area contributed by atoms with Crippen LogP contribution in [-0.4, -0.2) is 0 Å². The fourth-order valence-corrected chi connectivity index (χ4v) is 6.32. The van der Waals surface area contributed by atoms with Crippen molar-refractivity contribution < 1.29 is 4.42 Å². The SMILES string of the molecule is Cc1c(-c2cccc(N(c3ccc(-c4ccccc4)cc3)c3cc4ccccc4c4ccccc34)c2)oc2ccccc12. The van der Waals surface area contributed by atoms with Gasteiger partial charge in [-0.15, -0.1) is 0 Å². The summed E-state index contributed by atoms with van der Waals surface area (Å²) >= 11 is 0. The number of fused-ring (bicyclic) bond motifs is 4. The van der Waals surface area contributed by atoms with Crippen molar-refractivity contribution in [1.29, 1.82) is 0 Å². The van der Waals surface area contributed by atoms with Gasteiger partial charge in [0.2, 0.25) is 0 Å². The van der Waals surface area contributed by atoms with Crippen molar-refractivity contribution in [2.45, 2.75) is 6.92 Å². The molecule has 0 aliphatic rings. The summed E-state index contributed by atoms with van der Waals surface area (Å²) in [7, 11) is 0. The Morgan fingerprint density at radius 1 is 0.442 bits per heavy atom. The van der Waals surface area contributed by atoms with Gasteiger partial charge in [0.1, 0.15) is 11.3 Å². The molecule has 0 bridgehead atoms. The predicted molar refractivity (Wildman–Crippen MR) is 182 cm³/mol. The number of aryl methyl sites for hydroxylation is 1. The van der Waals surface area contributed by atoms with Crippen LogP contribution in [0.1, 0.15) is 5.56 Å². The molecule has 0 atom stereocenters. The quantitative estimate of drug-likeness (QED) is 0.198. The van der Waals surface area contributed by atoms with Crippen LogP contribution in [0, 0.1) is 6.92 Å². The van der Waals surface area contributed by atoms with E-state index in [2.05, 4.69) is 157 Å². The van der Waals surface area contributed by atoms with Crippen molar-refractivity contribution >= 4 is 49.6 Å². The van der Waals surface area contributed by atoms with Gasteiger partial charge in [-0.2, -0.15) is 0 Å². The Morgan fingerprint density at radius 2 is 1.07 bits per heavy atom. The van der Waals surface area contributed by atoms with E-state index in [1.165, 1.54) is 32.7 Å². The van der Waals surface area contributed by atoms with Crippen molar-refractivity contribution in [2.24, 2.45) is 0 Å². The molecule has 2 heteroatoms. The van der Waals surface area contributed by atoms with E-state index in [1.54, 1.807) is 0 Å². The molecule has 0 amide bonds. The zero-order valence-electron chi connectivity index (χ0n) is 23.9. The van der Waals surface area contributed by atoms with E-state index in [1.807, 2.05) is 12.1 Å². The second-order valence-electron chi connectivity index (χ2n) is 11.0. The maximum atomic E-state index is 6.41. The van der Waals surface area contributed by atoms with E-state index in [9.17, 15) is 0 Å². The van der Waals surface area contributed by atoms with Crippen molar-refractivity contribution in [3.8, 4) is 22.5 Å². The molecule has 0 saturated heterocycles. The molecular formula is C41H29NO. The van der Waals surface area contributed by atoms with E-state index in [0.29, 0.717) is 0 Å². The Hall–Kier alpha value is -5.60. The molecule has 0 unspecified atom stereocenters. The van der Waals surface area contributed by atoms with Gasteiger partial charge in [0.15, 0.2) is 0 Å². The Labute approximate surface area is 251 Å². The van der Waals surface area contributed by atoms with Crippen molar-refractivity contribution in [2.75, 3.05) is 4.90 Å². The summed E-state index contributed by atoms with van der Waals surface area (Å²) in [6.45, 7) is 2.14. The average molecular weight is 552 g/mol. The van der Waals surface area contributed by atoms with Crippen LogP contribution in [0.3, 0.4) is 0 Å². The summed E-state index contributed by atoms with van der Waals surface area (Å²) in [4.78, 5) is 2.38. The van der Waals surface area contributed by atoms with E-state index in [4.69, 9.17) is 4.42 Å². The molecule has 8 aromatic rings. The predicted octanol–water partition coefficient (Wildman–Crippen LogP) is 11.9. The monoisotopic (exact) mass is 551 g/mol. The summed E-state index contributed by atoms with van der Waals surface area (Å²) in [5.74, 6) is 0.908. The van der Waals surface area contributed by atoms with Gasteiger partial charge in [0, 0.05) is 33.3 Å². The molecule has 43 heavy (non-hydrogen) atoms. The molecule has 204 valence electrons. The van der Waals surface area contributed by atoms with Crippen LogP contribution in [-0.2, 0) is 0 Å². The smallest absolute Gasteiger partial charge is 0.138 e. The van der Waals surface area contributed by atoms with Crippen LogP contribution in [0.2, 0.25) is 0 Å². The number of para-hydroxylation sites is 1. The van der Waals surface area contributed by atoms with Crippen LogP contribution in [0.5, 0.6) is 0 Å². The number of benzene rings is 7. The molecule has 1 heterocycles. The maximum absolute atomic E-state index is 6.41. The van der Waals surface area contributed by atoms with E-state index < -0.39 is 0 Å². The third-order valence-corrected chi connectivity index (χ3v) is 8.43. The third-order valence-electron chi connectivity index (χ3n) is 8.43. The second-order valence-corrected chi connectivity index (χ2v) is 11.0. The lowest BCUT2D eigenvalue weighted by Gasteiger charge is -2.28. The molecule has 0 fully saturated rings. The van der Waals surface area contributed by atoms with Gasteiger partial charge < -0.3 is 9.32 Å². The van der Waals surface area contributed by atoms with Gasteiger partial charge in [-0.3, -0.25) is 0 Å². The van der Waals surface area contributed by atoms with Crippen LogP contribution in [0.15, 0.2) is 162 Å². The summed E-state index contributed by atoms with van der Waals surface area (Å²) in [6.07, 6.45) is 0. The van der Waals surface area contributed by atoms with Gasteiger partial charge in [0.25, 0.3) is 0 Å². The van der Waals surface area contributed by atoms with Crippen molar-refractivity contribution in [3.63, 3.8) is 0 Å². The highest BCUT2D eigenvalue weighted by atomic mass is 16.3. The highest BCUT2D eigenvalue weighted by molar-refractivity contribution is 6.14. The van der Waals surface area contributed by atoms with Gasteiger partial charge in [0.05, 0.1) is 5.69 Å². The van der Waals surface area contributed by atoms with E-state index in [-0.39, 0.29) is 0 Å². The van der Waals surface area contributed by atoms with Gasteiger partial charge in [-0.05, 0) is 70.6 Å². The molecule has 1 aromatic heterocycles. The fourth-order valence-electron chi connectivity index (χ4n) is 6.32. The molecule has 0 N–H and O–H groups in total. The minimum Gasteiger partial charge on any atom is -0.456 e. The third kappa shape index (κ3) is 4.36. The van der Waals surface area contributed by atoms with Crippen molar-refractivity contribution in [1.82, 2.24) is 0 Å². The van der Waals surface area contributed by atoms with Gasteiger partial charge >= 0.3 is 0 Å². The van der Waals surface area contributed by atoms with E-state index >= 15 is 0 Å².